The van der Waals surface area contributed by atoms with Gasteiger partial charge in [0, 0.05) is 12.0 Å². The number of rotatable bonds is 1. The van der Waals surface area contributed by atoms with Crippen molar-refractivity contribution in [3.63, 3.8) is 0 Å². The van der Waals surface area contributed by atoms with Crippen LogP contribution in [-0.2, 0) is 9.31 Å². The third kappa shape index (κ3) is 1.70. The van der Waals surface area contributed by atoms with E-state index in [1.807, 2.05) is 18.2 Å². The second-order valence-electron chi connectivity index (χ2n) is 3.67. The van der Waals surface area contributed by atoms with Gasteiger partial charge >= 0.3 is 7.12 Å². The summed E-state index contributed by atoms with van der Waals surface area (Å²) in [4.78, 5) is 0. The molecule has 0 aromatic heterocycles. The number of halogens is 1. The summed E-state index contributed by atoms with van der Waals surface area (Å²) in [6.07, 6.45) is -0.0633. The monoisotopic (exact) mass is 241 g/mol. The number of nitrogens with two attached hydrogens (primary N) is 1. The highest BCUT2D eigenvalue weighted by molar-refractivity contribution is 6.64. The van der Waals surface area contributed by atoms with E-state index in [0.29, 0.717) is 19.8 Å². The summed E-state index contributed by atoms with van der Waals surface area (Å²) in [5, 5.41) is 0. The van der Waals surface area contributed by atoms with Crippen molar-refractivity contribution in [1.29, 1.82) is 0 Å². The van der Waals surface area contributed by atoms with Gasteiger partial charge in [-0.1, -0.05) is 12.1 Å². The molecule has 0 spiro atoms. The molecule has 0 bridgehead atoms. The molecule has 3 rings (SSSR count). The van der Waals surface area contributed by atoms with Crippen molar-refractivity contribution in [2.75, 3.05) is 19.8 Å². The van der Waals surface area contributed by atoms with Gasteiger partial charge in [0.25, 0.3) is 0 Å². The van der Waals surface area contributed by atoms with E-state index < -0.39 is 0 Å². The molecular formula is C10H13BClNO3. The molecule has 2 heterocycles. The molecule has 4 nitrogen and oxygen atoms in total. The summed E-state index contributed by atoms with van der Waals surface area (Å²) in [7, 11) is -0.299. The van der Waals surface area contributed by atoms with Gasteiger partial charge in [0.2, 0.25) is 0 Å². The first-order valence-corrected chi connectivity index (χ1v) is 5.13. The molecule has 86 valence electrons. The van der Waals surface area contributed by atoms with Crippen LogP contribution in [0.1, 0.15) is 11.7 Å². The highest BCUT2D eigenvalue weighted by Gasteiger charge is 2.40. The van der Waals surface area contributed by atoms with Crippen LogP contribution in [0.4, 0.5) is 0 Å². The minimum absolute atomic E-state index is 0. The van der Waals surface area contributed by atoms with Gasteiger partial charge in [0.15, 0.2) is 0 Å². The Morgan fingerprint density at radius 1 is 1.38 bits per heavy atom. The lowest BCUT2D eigenvalue weighted by Crippen LogP contribution is -2.31. The van der Waals surface area contributed by atoms with Crippen LogP contribution < -0.4 is 15.9 Å². The zero-order chi connectivity index (χ0) is 10.3. The molecule has 0 amide bonds. The smallest absolute Gasteiger partial charge is 0.492 e. The van der Waals surface area contributed by atoms with Crippen LogP contribution in [0.15, 0.2) is 18.2 Å². The second-order valence-corrected chi connectivity index (χ2v) is 3.67. The highest BCUT2D eigenvalue weighted by Crippen LogP contribution is 2.29. The Morgan fingerprint density at radius 3 is 3.06 bits per heavy atom. The van der Waals surface area contributed by atoms with Crippen molar-refractivity contribution < 1.29 is 14.0 Å². The van der Waals surface area contributed by atoms with Crippen molar-refractivity contribution in [2.45, 2.75) is 6.10 Å². The third-order valence-corrected chi connectivity index (χ3v) is 2.79. The van der Waals surface area contributed by atoms with E-state index in [4.69, 9.17) is 19.8 Å². The van der Waals surface area contributed by atoms with Crippen molar-refractivity contribution in [2.24, 2.45) is 5.73 Å². The first kappa shape index (κ1) is 11.7. The number of benzene rings is 1. The average molecular weight is 241 g/mol. The zero-order valence-electron chi connectivity index (χ0n) is 8.72. The molecule has 2 aliphatic heterocycles. The minimum atomic E-state index is -0.299. The molecule has 0 saturated carbocycles. The zero-order valence-corrected chi connectivity index (χ0v) is 9.53. The van der Waals surface area contributed by atoms with Crippen LogP contribution in [0.2, 0.25) is 0 Å². The average Bonchev–Trinajstić information content (AvgIpc) is 2.50. The van der Waals surface area contributed by atoms with E-state index in [-0.39, 0.29) is 25.6 Å². The van der Waals surface area contributed by atoms with Crippen LogP contribution in [0, 0.1) is 0 Å². The van der Waals surface area contributed by atoms with E-state index >= 15 is 0 Å². The Kier molecular flexibility index (Phi) is 3.40. The quantitative estimate of drug-likeness (QED) is 0.716. The fourth-order valence-corrected chi connectivity index (χ4v) is 2.12. The lowest BCUT2D eigenvalue weighted by molar-refractivity contribution is 0.147. The summed E-state index contributed by atoms with van der Waals surface area (Å²) in [6.45, 7) is 1.59. The predicted molar refractivity (Wildman–Crippen MR) is 63.4 cm³/mol. The van der Waals surface area contributed by atoms with Gasteiger partial charge in [-0.05, 0) is 11.6 Å². The molecule has 2 aliphatic rings. The van der Waals surface area contributed by atoms with Gasteiger partial charge in [-0.2, -0.15) is 0 Å². The van der Waals surface area contributed by atoms with Crippen molar-refractivity contribution in [3.05, 3.63) is 23.8 Å². The predicted octanol–water partition coefficient (Wildman–Crippen LogP) is 0.243. The summed E-state index contributed by atoms with van der Waals surface area (Å²) >= 11 is 0. The van der Waals surface area contributed by atoms with Gasteiger partial charge in [-0.3, -0.25) is 0 Å². The van der Waals surface area contributed by atoms with E-state index in [9.17, 15) is 0 Å². The molecule has 0 unspecified atom stereocenters. The van der Waals surface area contributed by atoms with Crippen LogP contribution >= 0.6 is 12.4 Å². The van der Waals surface area contributed by atoms with Crippen molar-refractivity contribution in [1.82, 2.24) is 0 Å². The Balaban J connectivity index is 0.000000963. The summed E-state index contributed by atoms with van der Waals surface area (Å²) in [5.41, 5.74) is 7.77. The lowest BCUT2D eigenvalue weighted by Gasteiger charge is -2.11. The minimum Gasteiger partial charge on any atom is -0.492 e. The standard InChI is InChI=1S/C10H12BNO3.ClH/c12-6-9-7-2-1-3-8-10(7)11(15-9)14-5-4-13-8;/h1-3,9H,4-6,12H2;1H/t9-;/m1./s1. The fraction of sp³-hybridized carbons (Fsp3) is 0.400. The van der Waals surface area contributed by atoms with Crippen LogP contribution in [0.3, 0.4) is 0 Å². The van der Waals surface area contributed by atoms with E-state index in [1.54, 1.807) is 0 Å². The van der Waals surface area contributed by atoms with E-state index in [2.05, 4.69) is 0 Å². The van der Waals surface area contributed by atoms with Gasteiger partial charge in [-0.25, -0.2) is 0 Å². The lowest BCUT2D eigenvalue weighted by atomic mass is 9.78. The SMILES string of the molecule is Cl.NC[C@H]1OB2OCCOc3cccc1c32. The fourth-order valence-electron chi connectivity index (χ4n) is 2.12. The normalized spacial score (nSPS) is 21.8. The number of ether oxygens (including phenoxy) is 1. The molecule has 0 fully saturated rings. The highest BCUT2D eigenvalue weighted by atomic mass is 35.5. The Hall–Kier alpha value is -0.745. The molecule has 1 aromatic carbocycles. The molecule has 16 heavy (non-hydrogen) atoms. The number of hydrogen-bond acceptors (Lipinski definition) is 4. The Labute approximate surface area is 101 Å². The van der Waals surface area contributed by atoms with Crippen LogP contribution in [0.25, 0.3) is 0 Å². The largest absolute Gasteiger partial charge is 0.498 e. The molecule has 6 heteroatoms. The molecule has 1 atom stereocenters. The third-order valence-electron chi connectivity index (χ3n) is 2.79. The topological polar surface area (TPSA) is 53.7 Å². The Morgan fingerprint density at radius 2 is 2.25 bits per heavy atom. The van der Waals surface area contributed by atoms with Crippen LogP contribution in [-0.4, -0.2) is 26.9 Å². The van der Waals surface area contributed by atoms with E-state index in [0.717, 1.165) is 16.8 Å². The van der Waals surface area contributed by atoms with E-state index in [1.165, 1.54) is 0 Å². The Bertz CT molecular complexity index is 390. The van der Waals surface area contributed by atoms with Gasteiger partial charge in [-0.15, -0.1) is 12.4 Å². The first-order chi connectivity index (χ1) is 7.40. The van der Waals surface area contributed by atoms with Gasteiger partial charge in [0.05, 0.1) is 12.7 Å². The first-order valence-electron chi connectivity index (χ1n) is 5.13. The maximum atomic E-state index is 5.72. The maximum Gasteiger partial charge on any atom is 0.498 e. The van der Waals surface area contributed by atoms with Gasteiger partial charge in [0.1, 0.15) is 12.4 Å². The van der Waals surface area contributed by atoms with Crippen molar-refractivity contribution in [3.8, 4) is 5.75 Å². The van der Waals surface area contributed by atoms with Crippen molar-refractivity contribution >= 4 is 25.0 Å². The summed E-state index contributed by atoms with van der Waals surface area (Å²) < 4.78 is 16.9. The maximum absolute atomic E-state index is 5.72. The molecule has 0 aliphatic carbocycles. The summed E-state index contributed by atoms with van der Waals surface area (Å²) in [5.74, 6) is 0.867. The summed E-state index contributed by atoms with van der Waals surface area (Å²) in [6, 6.07) is 5.94. The molecule has 0 saturated heterocycles. The molecule has 2 N–H and O–H groups in total. The molecule has 0 radical (unpaired) electrons. The molecular weight excluding hydrogens is 228 g/mol. The molecule has 1 aromatic rings. The number of hydrogen-bond donors (Lipinski definition) is 1. The van der Waals surface area contributed by atoms with Crippen LogP contribution in [0.5, 0.6) is 5.75 Å². The van der Waals surface area contributed by atoms with Gasteiger partial charge < -0.3 is 19.8 Å². The second kappa shape index (κ2) is 4.63.